The molecule has 2 atom stereocenters. The third kappa shape index (κ3) is 2.60. The van der Waals surface area contributed by atoms with E-state index >= 15 is 0 Å². The van der Waals surface area contributed by atoms with E-state index in [4.69, 9.17) is 5.26 Å². The van der Waals surface area contributed by atoms with Crippen LogP contribution in [-0.2, 0) is 4.79 Å². The van der Waals surface area contributed by atoms with Crippen molar-refractivity contribution in [3.05, 3.63) is 23.3 Å². The lowest BCUT2D eigenvalue weighted by atomic mass is 9.82. The van der Waals surface area contributed by atoms with Gasteiger partial charge in [-0.1, -0.05) is 6.08 Å². The van der Waals surface area contributed by atoms with Gasteiger partial charge in [-0.3, -0.25) is 4.79 Å². The fraction of sp³-hybridized carbons (Fsp3) is 0.533. The Morgan fingerprint density at radius 2 is 1.92 bits per heavy atom. The molecule has 2 N–H and O–H groups in total. The number of likely N-dealkylation sites (N-methyl/N-ethyl adjacent to an activating group) is 1. The highest BCUT2D eigenvalue weighted by atomic mass is 19.4. The summed E-state index contributed by atoms with van der Waals surface area (Å²) in [6.07, 6.45) is -3.92. The number of nitrogens with zero attached hydrogens (tertiary/aromatic N) is 3. The number of aliphatic hydroxyl groups excluding tert-OH is 2. The molecule has 0 radical (unpaired) electrons. The van der Waals surface area contributed by atoms with E-state index in [9.17, 15) is 33.0 Å². The summed E-state index contributed by atoms with van der Waals surface area (Å²) < 4.78 is 39.8. The van der Waals surface area contributed by atoms with Gasteiger partial charge in [-0.25, -0.2) is 9.69 Å². The van der Waals surface area contributed by atoms with Crippen LogP contribution in [-0.4, -0.2) is 69.5 Å². The number of carbonyl (C=O) groups excluding carboxylic acids is 2. The Morgan fingerprint density at radius 1 is 1.32 bits per heavy atom. The zero-order valence-corrected chi connectivity index (χ0v) is 13.5. The van der Waals surface area contributed by atoms with Crippen LogP contribution in [0.4, 0.5) is 18.0 Å². The molecule has 1 fully saturated rings. The molecule has 2 unspecified atom stereocenters. The van der Waals surface area contributed by atoms with Gasteiger partial charge in [-0.05, 0) is 13.0 Å². The van der Waals surface area contributed by atoms with Crippen molar-refractivity contribution in [2.45, 2.75) is 30.6 Å². The van der Waals surface area contributed by atoms with Crippen molar-refractivity contribution in [3.8, 4) is 6.07 Å². The molecule has 0 aromatic heterocycles. The van der Waals surface area contributed by atoms with Gasteiger partial charge in [0.1, 0.15) is 5.54 Å². The minimum atomic E-state index is -4.87. The number of amides is 3. The zero-order valence-electron chi connectivity index (χ0n) is 13.5. The molecule has 1 saturated heterocycles. The average Bonchev–Trinajstić information content (AvgIpc) is 2.75. The van der Waals surface area contributed by atoms with Gasteiger partial charge < -0.3 is 15.1 Å². The molecule has 2 aliphatic rings. The number of alkyl halides is 3. The molecule has 2 rings (SSSR count). The molecule has 136 valence electrons. The number of rotatable bonds is 3. The van der Waals surface area contributed by atoms with Gasteiger partial charge in [0.2, 0.25) is 0 Å². The first-order valence-corrected chi connectivity index (χ1v) is 7.22. The highest BCUT2D eigenvalue weighted by Gasteiger charge is 2.59. The van der Waals surface area contributed by atoms with Crippen LogP contribution in [0.5, 0.6) is 0 Å². The van der Waals surface area contributed by atoms with Crippen LogP contribution >= 0.6 is 0 Å². The Hall–Kier alpha value is -2.38. The normalized spacial score (nSPS) is 30.3. The van der Waals surface area contributed by atoms with E-state index in [-0.39, 0.29) is 0 Å². The van der Waals surface area contributed by atoms with E-state index in [0.717, 1.165) is 17.1 Å². The van der Waals surface area contributed by atoms with Gasteiger partial charge in [0.05, 0.1) is 36.0 Å². The predicted octanol–water partition coefficient (Wildman–Crippen LogP) is 0.705. The molecule has 25 heavy (non-hydrogen) atoms. The third-order valence-corrected chi connectivity index (χ3v) is 4.74. The first kappa shape index (κ1) is 19.0. The van der Waals surface area contributed by atoms with Gasteiger partial charge in [0, 0.05) is 13.5 Å². The molecule has 1 aliphatic carbocycles. The second-order valence-electron chi connectivity index (χ2n) is 6.19. The Balaban J connectivity index is 2.57. The summed E-state index contributed by atoms with van der Waals surface area (Å²) in [5, 5.41) is 28.1. The minimum Gasteiger partial charge on any atom is -0.394 e. The zero-order chi connectivity index (χ0) is 19.2. The number of halogens is 3. The molecule has 0 aromatic carbocycles. The van der Waals surface area contributed by atoms with E-state index in [0.29, 0.717) is 4.90 Å². The first-order valence-electron chi connectivity index (χ1n) is 7.22. The van der Waals surface area contributed by atoms with Crippen LogP contribution in [0.1, 0.15) is 13.3 Å². The summed E-state index contributed by atoms with van der Waals surface area (Å²) in [7, 11) is 1.23. The van der Waals surface area contributed by atoms with E-state index in [1.54, 1.807) is 0 Å². The number of urea groups is 1. The van der Waals surface area contributed by atoms with Crippen molar-refractivity contribution in [3.63, 3.8) is 0 Å². The SMILES string of the molecule is CN1C(=O)N(C2(CO)C=CC(C#N)=C(C(F)(F)F)C2)C(=O)C1(C)CO. The van der Waals surface area contributed by atoms with Crippen LogP contribution in [0.3, 0.4) is 0 Å². The Labute approximate surface area is 141 Å². The smallest absolute Gasteiger partial charge is 0.394 e. The second-order valence-corrected chi connectivity index (χ2v) is 6.19. The lowest BCUT2D eigenvalue weighted by Crippen LogP contribution is -2.56. The van der Waals surface area contributed by atoms with E-state index < -0.39 is 60.0 Å². The first-order chi connectivity index (χ1) is 11.5. The van der Waals surface area contributed by atoms with Crippen molar-refractivity contribution in [2.75, 3.05) is 20.3 Å². The Bertz CT molecular complexity index is 725. The Kier molecular flexibility index (Phi) is 4.44. The maximum atomic E-state index is 13.3. The van der Waals surface area contributed by atoms with Gasteiger partial charge in [-0.2, -0.15) is 18.4 Å². The van der Waals surface area contributed by atoms with Crippen LogP contribution in [0.2, 0.25) is 0 Å². The number of hydrogen-bond acceptors (Lipinski definition) is 5. The number of nitriles is 1. The topological polar surface area (TPSA) is 105 Å². The van der Waals surface area contributed by atoms with Gasteiger partial charge in [0.25, 0.3) is 5.91 Å². The third-order valence-electron chi connectivity index (χ3n) is 4.74. The quantitative estimate of drug-likeness (QED) is 0.722. The van der Waals surface area contributed by atoms with Crippen LogP contribution < -0.4 is 0 Å². The second kappa shape index (κ2) is 5.86. The maximum Gasteiger partial charge on any atom is 0.414 e. The lowest BCUT2D eigenvalue weighted by Gasteiger charge is -2.39. The molecule has 7 nitrogen and oxygen atoms in total. The fourth-order valence-corrected chi connectivity index (χ4v) is 2.89. The predicted molar refractivity (Wildman–Crippen MR) is 77.8 cm³/mol. The molecular formula is C15H16F3N3O4. The summed E-state index contributed by atoms with van der Waals surface area (Å²) >= 11 is 0. The largest absolute Gasteiger partial charge is 0.414 e. The molecule has 3 amide bonds. The molecule has 1 aliphatic heterocycles. The van der Waals surface area contributed by atoms with Crippen LogP contribution in [0, 0.1) is 11.3 Å². The van der Waals surface area contributed by atoms with E-state index in [1.165, 1.54) is 20.0 Å². The molecule has 1 heterocycles. The van der Waals surface area contributed by atoms with Crippen molar-refractivity contribution < 1.29 is 33.0 Å². The number of allylic oxidation sites excluding steroid dienone is 2. The number of carbonyl (C=O) groups is 2. The standard InChI is InChI=1S/C15H16F3N3O4/c1-13(7-22)11(24)21(12(25)20(13)2)14(8-23)4-3-9(6-19)10(5-14)15(16,17)18/h3-4,22-23H,5,7-8H2,1-2H3. The Morgan fingerprint density at radius 3 is 2.32 bits per heavy atom. The summed E-state index contributed by atoms with van der Waals surface area (Å²) in [6.45, 7) is -0.429. The summed E-state index contributed by atoms with van der Waals surface area (Å²) in [5.41, 5.74) is -5.51. The van der Waals surface area contributed by atoms with Gasteiger partial charge in [-0.15, -0.1) is 0 Å². The molecule has 0 spiro atoms. The molecule has 0 bridgehead atoms. The molecule has 0 aromatic rings. The monoisotopic (exact) mass is 359 g/mol. The summed E-state index contributed by atoms with van der Waals surface area (Å²) in [4.78, 5) is 26.6. The van der Waals surface area contributed by atoms with E-state index in [1.807, 2.05) is 0 Å². The average molecular weight is 359 g/mol. The van der Waals surface area contributed by atoms with Crippen LogP contribution in [0.25, 0.3) is 0 Å². The highest BCUT2D eigenvalue weighted by molar-refractivity contribution is 6.07. The molecular weight excluding hydrogens is 343 g/mol. The van der Waals surface area contributed by atoms with Gasteiger partial charge >= 0.3 is 12.2 Å². The van der Waals surface area contributed by atoms with Gasteiger partial charge in [0.15, 0.2) is 0 Å². The van der Waals surface area contributed by atoms with Crippen molar-refractivity contribution in [2.24, 2.45) is 0 Å². The van der Waals surface area contributed by atoms with Crippen molar-refractivity contribution >= 4 is 11.9 Å². The van der Waals surface area contributed by atoms with Crippen LogP contribution in [0.15, 0.2) is 23.3 Å². The minimum absolute atomic E-state index is 0.527. The summed E-state index contributed by atoms with van der Waals surface area (Å²) in [6, 6.07) is 0.482. The van der Waals surface area contributed by atoms with Crippen molar-refractivity contribution in [1.29, 1.82) is 5.26 Å². The number of aliphatic hydroxyl groups is 2. The fourth-order valence-electron chi connectivity index (χ4n) is 2.89. The summed E-state index contributed by atoms with van der Waals surface area (Å²) in [5.74, 6) is -0.928. The van der Waals surface area contributed by atoms with E-state index in [2.05, 4.69) is 0 Å². The highest BCUT2D eigenvalue weighted by Crippen LogP contribution is 2.43. The number of imide groups is 1. The lowest BCUT2D eigenvalue weighted by molar-refractivity contribution is -0.139. The maximum absolute atomic E-state index is 13.3. The van der Waals surface area contributed by atoms with Crippen molar-refractivity contribution in [1.82, 2.24) is 9.80 Å². The molecule has 10 heteroatoms. The number of hydrogen-bond donors (Lipinski definition) is 2. The molecule has 0 saturated carbocycles.